The van der Waals surface area contributed by atoms with Crippen LogP contribution in [0.1, 0.15) is 31.4 Å². The van der Waals surface area contributed by atoms with Crippen LogP contribution in [0, 0.1) is 0 Å². The molecule has 236 valence electrons. The van der Waals surface area contributed by atoms with Gasteiger partial charge in [0.2, 0.25) is 11.8 Å². The Morgan fingerprint density at radius 1 is 0.867 bits per heavy atom. The molecule has 10 heteroatoms. The number of para-hydroxylation sites is 2. The number of nitrogens with one attached hydrogen (secondary N) is 1. The molecule has 2 atom stereocenters. The molecule has 4 aromatic carbocycles. The molecule has 4 aromatic rings. The van der Waals surface area contributed by atoms with Crippen molar-refractivity contribution in [2.45, 2.75) is 50.2 Å². The fraction of sp³-hybridized carbons (Fsp3) is 0.257. The van der Waals surface area contributed by atoms with Crippen LogP contribution in [-0.4, -0.2) is 50.9 Å². The Morgan fingerprint density at radius 3 is 2.13 bits per heavy atom. The van der Waals surface area contributed by atoms with Crippen LogP contribution in [0.5, 0.6) is 5.75 Å². The Kier molecular flexibility index (Phi) is 11.8. The number of carbonyl (C=O) groups excluding carboxylic acids is 2. The van der Waals surface area contributed by atoms with Crippen LogP contribution in [0.3, 0.4) is 0 Å². The lowest BCUT2D eigenvalue weighted by Gasteiger charge is -2.34. The summed E-state index contributed by atoms with van der Waals surface area (Å²) >= 11 is 3.51. The third-order valence-electron chi connectivity index (χ3n) is 7.48. The highest BCUT2D eigenvalue weighted by atomic mass is 79.9. The zero-order chi connectivity index (χ0) is 32.4. The molecule has 2 amide bonds. The van der Waals surface area contributed by atoms with Gasteiger partial charge in [-0.25, -0.2) is 8.42 Å². The van der Waals surface area contributed by atoms with Crippen molar-refractivity contribution in [2.24, 2.45) is 0 Å². The van der Waals surface area contributed by atoms with Crippen LogP contribution in [-0.2, 0) is 32.6 Å². The van der Waals surface area contributed by atoms with Gasteiger partial charge in [0.1, 0.15) is 18.3 Å². The molecule has 0 aliphatic rings. The number of sulfonamides is 1. The summed E-state index contributed by atoms with van der Waals surface area (Å²) in [5.74, 6) is -0.564. The zero-order valence-corrected chi connectivity index (χ0v) is 28.0. The molecule has 8 nitrogen and oxygen atoms in total. The fourth-order valence-electron chi connectivity index (χ4n) is 4.90. The molecule has 1 N–H and O–H groups in total. The number of anilines is 1. The molecule has 0 radical (unpaired) electrons. The van der Waals surface area contributed by atoms with E-state index in [1.807, 2.05) is 68.4 Å². The van der Waals surface area contributed by atoms with E-state index in [2.05, 4.69) is 21.2 Å². The molecule has 4 rings (SSSR count). The summed E-state index contributed by atoms with van der Waals surface area (Å²) in [5.41, 5.74) is 1.86. The smallest absolute Gasteiger partial charge is 0.264 e. The fourth-order valence-corrected chi connectivity index (χ4v) is 6.79. The van der Waals surface area contributed by atoms with Gasteiger partial charge in [0.25, 0.3) is 10.0 Å². The Bertz CT molecular complexity index is 1690. The van der Waals surface area contributed by atoms with Gasteiger partial charge in [0.15, 0.2) is 0 Å². The first-order valence-electron chi connectivity index (χ1n) is 14.7. The highest BCUT2D eigenvalue weighted by Gasteiger charge is 2.35. The van der Waals surface area contributed by atoms with Crippen LogP contribution in [0.2, 0.25) is 0 Å². The van der Waals surface area contributed by atoms with E-state index < -0.39 is 28.5 Å². The zero-order valence-electron chi connectivity index (χ0n) is 25.6. The quantitative estimate of drug-likeness (QED) is 0.170. The molecule has 0 aliphatic heterocycles. The number of benzene rings is 4. The molecule has 0 bridgehead atoms. The summed E-state index contributed by atoms with van der Waals surface area (Å²) < 4.78 is 35.7. The number of rotatable bonds is 14. The Balaban J connectivity index is 1.83. The predicted molar refractivity (Wildman–Crippen MR) is 180 cm³/mol. The minimum Gasteiger partial charge on any atom is -0.495 e. The van der Waals surface area contributed by atoms with Crippen molar-refractivity contribution in [3.8, 4) is 5.75 Å². The second kappa shape index (κ2) is 15.7. The lowest BCUT2D eigenvalue weighted by atomic mass is 10.0. The van der Waals surface area contributed by atoms with Gasteiger partial charge in [-0.3, -0.25) is 13.9 Å². The largest absolute Gasteiger partial charge is 0.495 e. The summed E-state index contributed by atoms with van der Waals surface area (Å²) in [6.07, 6.45) is 0.948. The number of nitrogens with zero attached hydrogens (tertiary/aromatic N) is 2. The number of amides is 2. The van der Waals surface area contributed by atoms with Gasteiger partial charge in [-0.1, -0.05) is 95.7 Å². The molecule has 0 spiro atoms. The van der Waals surface area contributed by atoms with Crippen LogP contribution < -0.4 is 14.4 Å². The topological polar surface area (TPSA) is 96.0 Å². The summed E-state index contributed by atoms with van der Waals surface area (Å²) in [7, 11) is -2.78. The Hall–Kier alpha value is -4.15. The maximum atomic E-state index is 14.6. The molecule has 0 saturated carbocycles. The first-order chi connectivity index (χ1) is 21.6. The van der Waals surface area contributed by atoms with Gasteiger partial charge in [0.05, 0.1) is 17.7 Å². The molecule has 0 saturated heterocycles. The van der Waals surface area contributed by atoms with Crippen molar-refractivity contribution in [3.63, 3.8) is 0 Å². The normalized spacial score (nSPS) is 12.5. The molecule has 45 heavy (non-hydrogen) atoms. The van der Waals surface area contributed by atoms with Crippen LogP contribution in [0.4, 0.5) is 5.69 Å². The number of methoxy groups -OCH3 is 1. The summed E-state index contributed by atoms with van der Waals surface area (Å²) in [4.78, 5) is 30.0. The van der Waals surface area contributed by atoms with E-state index in [1.54, 1.807) is 42.5 Å². The molecule has 0 aromatic heterocycles. The maximum absolute atomic E-state index is 14.6. The van der Waals surface area contributed by atoms with Crippen LogP contribution in [0.15, 0.2) is 119 Å². The SMILES string of the molecule is CC[C@H](C)NC(=O)[C@@H](Cc1ccccc1)N(Cc1cccc(Br)c1)C(=O)CN(c1ccccc1OC)S(=O)(=O)c1ccccc1. The van der Waals surface area contributed by atoms with Crippen molar-refractivity contribution in [3.05, 3.63) is 125 Å². The van der Waals surface area contributed by atoms with Gasteiger partial charge in [0, 0.05) is 23.5 Å². The standard InChI is InChI=1S/C35H38BrN3O5S/c1-4-26(2)37-35(41)32(23-27-14-7-5-8-15-27)38(24-28-16-13-17-29(36)22-28)34(40)25-39(31-20-11-12-21-33(31)44-3)45(42,43)30-18-9-6-10-19-30/h5-22,26,32H,4,23-25H2,1-3H3,(H,37,41)/t26-,32+/m0/s1. The third kappa shape index (κ3) is 8.73. The van der Waals surface area contributed by atoms with Crippen LogP contribution in [0.25, 0.3) is 0 Å². The first kappa shape index (κ1) is 33.7. The predicted octanol–water partition coefficient (Wildman–Crippen LogP) is 6.21. The molecule has 0 aliphatic carbocycles. The van der Waals surface area contributed by atoms with Crippen molar-refractivity contribution in [1.82, 2.24) is 10.2 Å². The molecule has 0 heterocycles. The van der Waals surface area contributed by atoms with E-state index >= 15 is 0 Å². The van der Waals surface area contributed by atoms with Gasteiger partial charge < -0.3 is 15.0 Å². The monoisotopic (exact) mass is 691 g/mol. The molecular formula is C35H38BrN3O5S. The number of hydrogen-bond donors (Lipinski definition) is 1. The van der Waals surface area contributed by atoms with Crippen LogP contribution >= 0.6 is 15.9 Å². The number of hydrogen-bond acceptors (Lipinski definition) is 5. The van der Waals surface area contributed by atoms with E-state index in [-0.39, 0.29) is 35.5 Å². The molecular weight excluding hydrogens is 654 g/mol. The van der Waals surface area contributed by atoms with Crippen molar-refractivity contribution in [1.29, 1.82) is 0 Å². The molecule has 0 fully saturated rings. The van der Waals surface area contributed by atoms with E-state index in [9.17, 15) is 18.0 Å². The highest BCUT2D eigenvalue weighted by molar-refractivity contribution is 9.10. The highest BCUT2D eigenvalue weighted by Crippen LogP contribution is 2.32. The van der Waals surface area contributed by atoms with E-state index in [4.69, 9.17) is 4.74 Å². The first-order valence-corrected chi connectivity index (χ1v) is 17.0. The number of carbonyl (C=O) groups is 2. The summed E-state index contributed by atoms with van der Waals surface area (Å²) in [5, 5.41) is 3.05. The van der Waals surface area contributed by atoms with Crippen molar-refractivity contribution in [2.75, 3.05) is 18.0 Å². The lowest BCUT2D eigenvalue weighted by Crippen LogP contribution is -2.54. The average Bonchev–Trinajstić information content (AvgIpc) is 3.05. The number of halogens is 1. The van der Waals surface area contributed by atoms with E-state index in [0.29, 0.717) is 12.2 Å². The van der Waals surface area contributed by atoms with E-state index in [0.717, 1.165) is 19.9 Å². The maximum Gasteiger partial charge on any atom is 0.264 e. The Labute approximate surface area is 274 Å². The average molecular weight is 693 g/mol. The van der Waals surface area contributed by atoms with Gasteiger partial charge in [-0.15, -0.1) is 0 Å². The minimum atomic E-state index is -4.22. The van der Waals surface area contributed by atoms with Gasteiger partial charge in [-0.05, 0) is 60.9 Å². The second-order valence-corrected chi connectivity index (χ2v) is 13.4. The van der Waals surface area contributed by atoms with Crippen molar-refractivity contribution >= 4 is 43.5 Å². The van der Waals surface area contributed by atoms with Gasteiger partial charge >= 0.3 is 0 Å². The van der Waals surface area contributed by atoms with Crippen molar-refractivity contribution < 1.29 is 22.7 Å². The summed E-state index contributed by atoms with van der Waals surface area (Å²) in [6.45, 7) is 3.40. The van der Waals surface area contributed by atoms with Gasteiger partial charge in [-0.2, -0.15) is 0 Å². The Morgan fingerprint density at radius 2 is 1.49 bits per heavy atom. The minimum absolute atomic E-state index is 0.0256. The molecule has 0 unspecified atom stereocenters. The third-order valence-corrected chi connectivity index (χ3v) is 9.75. The lowest BCUT2D eigenvalue weighted by molar-refractivity contribution is -0.140. The second-order valence-electron chi connectivity index (χ2n) is 10.7. The summed E-state index contributed by atoms with van der Waals surface area (Å²) in [6, 6.07) is 30.5. The number of ether oxygens (including phenoxy) is 1. The van der Waals surface area contributed by atoms with E-state index in [1.165, 1.54) is 24.1 Å².